The first kappa shape index (κ1) is 27.1. The highest BCUT2D eigenvalue weighted by Crippen LogP contribution is 2.61. The smallest absolute Gasteiger partial charge is 0.417 e. The second kappa shape index (κ2) is 7.39. The molecule has 0 heterocycles. The normalized spacial score (nSPS) is 17.5. The third kappa shape index (κ3) is 3.89. The molecule has 0 radical (unpaired) electrons. The molecule has 0 aromatic heterocycles. The number of halogens is 16. The fourth-order valence-corrected chi connectivity index (χ4v) is 2.40. The van der Waals surface area contributed by atoms with Crippen LogP contribution in [0.25, 0.3) is 0 Å². The fraction of sp³-hybridized carbons (Fsp3) is 1.00. The Morgan fingerprint density at radius 2 is 1.00 bits per heavy atom. The van der Waals surface area contributed by atoms with Crippen LogP contribution in [-0.2, 0) is 4.43 Å². The molecule has 0 saturated heterocycles. The average molecular weight is 476 g/mol. The lowest BCUT2D eigenvalue weighted by atomic mass is 9.92. The Morgan fingerprint density at radius 3 is 1.32 bits per heavy atom. The molecule has 28 heavy (non-hydrogen) atoms. The van der Waals surface area contributed by atoms with Gasteiger partial charge >= 0.3 is 35.8 Å². The molecule has 0 amide bonds. The van der Waals surface area contributed by atoms with Gasteiger partial charge in [0.05, 0.1) is 0 Å². The number of hydrogen-bond acceptors (Lipinski definition) is 1. The van der Waals surface area contributed by atoms with Crippen LogP contribution < -0.4 is 0 Å². The molecule has 0 aliphatic carbocycles. The van der Waals surface area contributed by atoms with Crippen LogP contribution in [0.15, 0.2) is 0 Å². The van der Waals surface area contributed by atoms with Crippen molar-refractivity contribution in [2.24, 2.45) is 0 Å². The third-order valence-electron chi connectivity index (χ3n) is 3.15. The van der Waals surface area contributed by atoms with E-state index in [1.54, 1.807) is 0 Å². The summed E-state index contributed by atoms with van der Waals surface area (Å²) in [4.78, 5) is 0. The van der Waals surface area contributed by atoms with Crippen molar-refractivity contribution in [1.29, 1.82) is 0 Å². The fourth-order valence-electron chi connectivity index (χ4n) is 1.52. The first-order chi connectivity index (χ1) is 12.0. The van der Waals surface area contributed by atoms with Crippen molar-refractivity contribution >= 4 is 9.76 Å². The molecule has 0 aliphatic heterocycles. The van der Waals surface area contributed by atoms with Crippen LogP contribution in [-0.4, -0.2) is 63.9 Å². The SMILES string of the molecule is CCO[SiH2]C(F)(F)C(F)C(F)(F)C(F)(F)C(F)(F)C(F)(F)C(F)(F)C(F)(F)F. The molecule has 0 bridgehead atoms. The topological polar surface area (TPSA) is 9.23 Å². The molecule has 0 rings (SSSR count). The van der Waals surface area contributed by atoms with E-state index in [1.165, 1.54) is 0 Å². The Bertz CT molecular complexity index is 540. The molecular formula is C10H8F16OSi. The summed E-state index contributed by atoms with van der Waals surface area (Å²) in [7, 11) is -3.86. The van der Waals surface area contributed by atoms with Crippen LogP contribution in [0.1, 0.15) is 6.92 Å². The van der Waals surface area contributed by atoms with Gasteiger partial charge in [-0.25, -0.2) is 13.2 Å². The Labute approximate surface area is 146 Å². The maximum Gasteiger partial charge on any atom is 0.460 e. The van der Waals surface area contributed by atoms with Crippen molar-refractivity contribution in [2.75, 3.05) is 6.61 Å². The quantitative estimate of drug-likeness (QED) is 0.344. The van der Waals surface area contributed by atoms with Crippen LogP contribution >= 0.6 is 0 Å². The minimum atomic E-state index is -8.32. The van der Waals surface area contributed by atoms with E-state index < -0.39 is 63.9 Å². The van der Waals surface area contributed by atoms with Crippen LogP contribution in [0, 0.1) is 0 Å². The van der Waals surface area contributed by atoms with Crippen LogP contribution in [0.3, 0.4) is 0 Å². The van der Waals surface area contributed by atoms with Crippen LogP contribution in [0.4, 0.5) is 70.2 Å². The van der Waals surface area contributed by atoms with Gasteiger partial charge in [-0.05, 0) is 6.92 Å². The summed E-state index contributed by atoms with van der Waals surface area (Å²) in [5.41, 5.74) is -5.61. The largest absolute Gasteiger partial charge is 0.460 e. The molecular weight excluding hydrogens is 468 g/mol. The minimum Gasteiger partial charge on any atom is -0.417 e. The lowest BCUT2D eigenvalue weighted by Crippen LogP contribution is -2.72. The molecule has 18 heteroatoms. The van der Waals surface area contributed by atoms with E-state index in [9.17, 15) is 70.2 Å². The lowest BCUT2D eigenvalue weighted by Gasteiger charge is -2.41. The van der Waals surface area contributed by atoms with Gasteiger partial charge in [0.15, 0.2) is 0 Å². The second-order valence-electron chi connectivity index (χ2n) is 5.18. The summed E-state index contributed by atoms with van der Waals surface area (Å²) in [5.74, 6) is -40.2. The molecule has 170 valence electrons. The van der Waals surface area contributed by atoms with E-state index in [0.29, 0.717) is 0 Å². The first-order valence-electron chi connectivity index (χ1n) is 6.52. The predicted octanol–water partition coefficient (Wildman–Crippen LogP) is 4.78. The highest BCUT2D eigenvalue weighted by Gasteiger charge is 2.92. The first-order valence-corrected chi connectivity index (χ1v) is 7.80. The Kier molecular flexibility index (Phi) is 7.14. The minimum absolute atomic E-state index is 0.720. The Hall–Kier alpha value is -0.943. The molecule has 0 aromatic carbocycles. The van der Waals surface area contributed by atoms with Crippen molar-refractivity contribution in [3.05, 3.63) is 0 Å². The van der Waals surface area contributed by atoms with Crippen molar-refractivity contribution in [3.63, 3.8) is 0 Å². The number of rotatable bonds is 9. The van der Waals surface area contributed by atoms with Gasteiger partial charge in [-0.1, -0.05) is 0 Å². The zero-order valence-electron chi connectivity index (χ0n) is 12.9. The predicted molar refractivity (Wildman–Crippen MR) is 60.8 cm³/mol. The molecule has 1 unspecified atom stereocenters. The van der Waals surface area contributed by atoms with E-state index >= 15 is 0 Å². The van der Waals surface area contributed by atoms with Crippen molar-refractivity contribution in [3.8, 4) is 0 Å². The summed E-state index contributed by atoms with van der Waals surface area (Å²) in [6.07, 6.45) is -13.3. The van der Waals surface area contributed by atoms with Crippen LogP contribution in [0.5, 0.6) is 0 Å². The molecule has 1 nitrogen and oxygen atoms in total. The summed E-state index contributed by atoms with van der Waals surface area (Å²) in [6, 6.07) is 0. The van der Waals surface area contributed by atoms with E-state index in [1.807, 2.05) is 0 Å². The molecule has 0 spiro atoms. The molecule has 1 atom stereocenters. The van der Waals surface area contributed by atoms with E-state index in [2.05, 4.69) is 4.43 Å². The lowest BCUT2D eigenvalue weighted by molar-refractivity contribution is -0.445. The summed E-state index contributed by atoms with van der Waals surface area (Å²) < 4.78 is 209. The molecule has 0 aliphatic rings. The molecule has 0 N–H and O–H groups in total. The number of alkyl halides is 16. The van der Waals surface area contributed by atoms with Crippen molar-refractivity contribution in [2.45, 2.75) is 54.4 Å². The van der Waals surface area contributed by atoms with Crippen molar-refractivity contribution in [1.82, 2.24) is 0 Å². The second-order valence-corrected chi connectivity index (χ2v) is 6.82. The monoisotopic (exact) mass is 476 g/mol. The van der Waals surface area contributed by atoms with Gasteiger partial charge in [0.1, 0.15) is 0 Å². The standard InChI is InChI=1S/C10H8F16OSi/c1-2-27-28-5(14,15)3(11)4(12,13)6(16,17)7(18,19)8(20,21)9(22,23)10(24,25)26/h3H,2,28H2,1H3. The molecule has 0 fully saturated rings. The molecule has 0 saturated carbocycles. The van der Waals surface area contributed by atoms with Gasteiger partial charge in [0.2, 0.25) is 15.9 Å². The van der Waals surface area contributed by atoms with E-state index in [0.717, 1.165) is 6.92 Å². The summed E-state index contributed by atoms with van der Waals surface area (Å²) >= 11 is 0. The van der Waals surface area contributed by atoms with Crippen molar-refractivity contribution < 1.29 is 74.7 Å². The summed E-state index contributed by atoms with van der Waals surface area (Å²) in [6.45, 7) is 0.208. The highest BCUT2D eigenvalue weighted by molar-refractivity contribution is 6.31. The number of hydrogen-bond donors (Lipinski definition) is 0. The Balaban J connectivity index is 6.32. The highest BCUT2D eigenvalue weighted by atomic mass is 28.2. The van der Waals surface area contributed by atoms with Gasteiger partial charge in [0, 0.05) is 6.61 Å². The van der Waals surface area contributed by atoms with E-state index in [4.69, 9.17) is 0 Å². The zero-order valence-corrected chi connectivity index (χ0v) is 14.4. The van der Waals surface area contributed by atoms with Gasteiger partial charge in [-0.15, -0.1) is 0 Å². The third-order valence-corrected chi connectivity index (χ3v) is 4.50. The van der Waals surface area contributed by atoms with Gasteiger partial charge in [-0.3, -0.25) is 0 Å². The Morgan fingerprint density at radius 1 is 0.643 bits per heavy atom. The maximum absolute atomic E-state index is 13.3. The van der Waals surface area contributed by atoms with Crippen LogP contribution in [0.2, 0.25) is 0 Å². The van der Waals surface area contributed by atoms with Gasteiger partial charge < -0.3 is 4.43 Å². The van der Waals surface area contributed by atoms with Gasteiger partial charge in [0.25, 0.3) is 5.55 Å². The maximum atomic E-state index is 13.3. The summed E-state index contributed by atoms with van der Waals surface area (Å²) in [5, 5.41) is 0. The average Bonchev–Trinajstić information content (AvgIpc) is 2.50. The zero-order chi connectivity index (χ0) is 23.2. The molecule has 0 aromatic rings. The van der Waals surface area contributed by atoms with Gasteiger partial charge in [-0.2, -0.15) is 57.1 Å². The van der Waals surface area contributed by atoms with E-state index in [-0.39, 0.29) is 0 Å².